The van der Waals surface area contributed by atoms with Gasteiger partial charge in [0.05, 0.1) is 4.92 Å². The van der Waals surface area contributed by atoms with Crippen LogP contribution in [-0.2, 0) is 9.53 Å². The number of benzene rings is 1. The van der Waals surface area contributed by atoms with Crippen molar-refractivity contribution in [2.75, 3.05) is 6.61 Å². The SMILES string of the molecule is C=CCOC(=O)CC(=O)c1cccc([N+](=O)[O-])c1. The number of esters is 1. The fourth-order valence-corrected chi connectivity index (χ4v) is 1.23. The predicted octanol–water partition coefficient (Wildman–Crippen LogP) is 1.90. The molecule has 1 rings (SSSR count). The third-order valence-electron chi connectivity index (χ3n) is 2.05. The standard InChI is InChI=1S/C12H11NO5/c1-2-6-18-12(15)8-11(14)9-4-3-5-10(7-9)13(16)17/h2-5,7H,1,6,8H2. The second-order valence-corrected chi connectivity index (χ2v) is 3.38. The van der Waals surface area contributed by atoms with Gasteiger partial charge < -0.3 is 4.74 Å². The van der Waals surface area contributed by atoms with E-state index in [1.807, 2.05) is 0 Å². The molecule has 0 radical (unpaired) electrons. The molecule has 0 fully saturated rings. The number of ketones is 1. The summed E-state index contributed by atoms with van der Waals surface area (Å²) in [6.45, 7) is 3.39. The van der Waals surface area contributed by atoms with E-state index in [1.165, 1.54) is 24.3 Å². The van der Waals surface area contributed by atoms with Crippen molar-refractivity contribution in [1.82, 2.24) is 0 Å². The summed E-state index contributed by atoms with van der Waals surface area (Å²) >= 11 is 0. The van der Waals surface area contributed by atoms with Gasteiger partial charge in [0.2, 0.25) is 0 Å². The maximum Gasteiger partial charge on any atom is 0.314 e. The van der Waals surface area contributed by atoms with Crippen LogP contribution >= 0.6 is 0 Å². The van der Waals surface area contributed by atoms with Gasteiger partial charge >= 0.3 is 5.97 Å². The molecule has 0 spiro atoms. The zero-order valence-corrected chi connectivity index (χ0v) is 9.50. The molecule has 6 heteroatoms. The lowest BCUT2D eigenvalue weighted by Gasteiger charge is -2.01. The summed E-state index contributed by atoms with van der Waals surface area (Å²) in [5.41, 5.74) is -0.0833. The number of hydrogen-bond donors (Lipinski definition) is 0. The van der Waals surface area contributed by atoms with Crippen molar-refractivity contribution in [1.29, 1.82) is 0 Å². The Kier molecular flexibility index (Phi) is 4.74. The molecule has 0 N–H and O–H groups in total. The van der Waals surface area contributed by atoms with Crippen LogP contribution in [0.25, 0.3) is 0 Å². The van der Waals surface area contributed by atoms with Crippen molar-refractivity contribution in [2.24, 2.45) is 0 Å². The van der Waals surface area contributed by atoms with Crippen LogP contribution in [0.5, 0.6) is 0 Å². The molecule has 0 saturated heterocycles. The van der Waals surface area contributed by atoms with Gasteiger partial charge in [0.25, 0.3) is 5.69 Å². The molecule has 0 amide bonds. The number of nitrogens with zero attached hydrogens (tertiary/aromatic N) is 1. The molecule has 0 aromatic heterocycles. The van der Waals surface area contributed by atoms with Crippen molar-refractivity contribution in [3.8, 4) is 0 Å². The molecule has 0 unspecified atom stereocenters. The molecule has 0 saturated carbocycles. The molecule has 6 nitrogen and oxygen atoms in total. The number of rotatable bonds is 6. The predicted molar refractivity (Wildman–Crippen MR) is 63.2 cm³/mol. The number of carbonyl (C=O) groups excluding carboxylic acids is 2. The van der Waals surface area contributed by atoms with E-state index in [1.54, 1.807) is 0 Å². The van der Waals surface area contributed by atoms with E-state index in [4.69, 9.17) is 0 Å². The second-order valence-electron chi connectivity index (χ2n) is 3.38. The number of Topliss-reactive ketones (excluding diaryl/α,β-unsaturated/α-hetero) is 1. The molecule has 94 valence electrons. The third-order valence-corrected chi connectivity index (χ3v) is 2.05. The van der Waals surface area contributed by atoms with Gasteiger partial charge in [-0.25, -0.2) is 0 Å². The highest BCUT2D eigenvalue weighted by Crippen LogP contribution is 2.14. The normalized spacial score (nSPS) is 9.56. The minimum absolute atomic E-state index is 0.0288. The Morgan fingerprint density at radius 1 is 1.44 bits per heavy atom. The molecule has 1 aromatic rings. The lowest BCUT2D eigenvalue weighted by molar-refractivity contribution is -0.384. The summed E-state index contributed by atoms with van der Waals surface area (Å²) in [5.74, 6) is -1.21. The molecule has 0 heterocycles. The number of non-ortho nitro benzene ring substituents is 1. The molecule has 18 heavy (non-hydrogen) atoms. The quantitative estimate of drug-likeness (QED) is 0.192. The topological polar surface area (TPSA) is 86.5 Å². The van der Waals surface area contributed by atoms with Crippen LogP contribution < -0.4 is 0 Å². The number of hydrogen-bond acceptors (Lipinski definition) is 5. The van der Waals surface area contributed by atoms with Crippen LogP contribution in [0.4, 0.5) is 5.69 Å². The van der Waals surface area contributed by atoms with Crippen molar-refractivity contribution in [3.05, 3.63) is 52.6 Å². The summed E-state index contributed by atoms with van der Waals surface area (Å²) < 4.78 is 4.65. The Hall–Kier alpha value is -2.50. The number of carbonyl (C=O) groups is 2. The molecule has 0 bridgehead atoms. The van der Waals surface area contributed by atoms with Crippen molar-refractivity contribution < 1.29 is 19.2 Å². The average molecular weight is 249 g/mol. The highest BCUT2D eigenvalue weighted by atomic mass is 16.6. The fraction of sp³-hybridized carbons (Fsp3) is 0.167. The van der Waals surface area contributed by atoms with Gasteiger partial charge in [-0.1, -0.05) is 24.8 Å². The molecule has 0 aliphatic heterocycles. The summed E-state index contributed by atoms with van der Waals surface area (Å²) in [6.07, 6.45) is 0.935. The average Bonchev–Trinajstić information content (AvgIpc) is 2.36. The maximum atomic E-state index is 11.6. The zero-order valence-electron chi connectivity index (χ0n) is 9.50. The van der Waals surface area contributed by atoms with Gasteiger partial charge in [0.1, 0.15) is 13.0 Å². The van der Waals surface area contributed by atoms with Crippen LogP contribution in [0, 0.1) is 10.1 Å². The van der Waals surface area contributed by atoms with E-state index < -0.39 is 23.1 Å². The van der Waals surface area contributed by atoms with E-state index in [0.29, 0.717) is 0 Å². The largest absolute Gasteiger partial charge is 0.461 e. The smallest absolute Gasteiger partial charge is 0.314 e. The van der Waals surface area contributed by atoms with E-state index in [0.717, 1.165) is 6.07 Å². The Morgan fingerprint density at radius 3 is 2.78 bits per heavy atom. The molecule has 1 aromatic carbocycles. The van der Waals surface area contributed by atoms with Gasteiger partial charge in [-0.15, -0.1) is 0 Å². The van der Waals surface area contributed by atoms with E-state index in [-0.39, 0.29) is 17.9 Å². The molecule has 0 aliphatic rings. The second kappa shape index (κ2) is 6.29. The van der Waals surface area contributed by atoms with E-state index in [9.17, 15) is 19.7 Å². The monoisotopic (exact) mass is 249 g/mol. The van der Waals surface area contributed by atoms with Crippen molar-refractivity contribution in [2.45, 2.75) is 6.42 Å². The molecule has 0 aliphatic carbocycles. The first kappa shape index (κ1) is 13.6. The minimum atomic E-state index is -0.689. The van der Waals surface area contributed by atoms with Crippen LogP contribution in [0.15, 0.2) is 36.9 Å². The highest BCUT2D eigenvalue weighted by molar-refractivity contribution is 6.06. The molecular weight excluding hydrogens is 238 g/mol. The third kappa shape index (κ3) is 3.82. The van der Waals surface area contributed by atoms with Gasteiger partial charge in [0.15, 0.2) is 5.78 Å². The fourth-order valence-electron chi connectivity index (χ4n) is 1.23. The Labute approximate surface area is 103 Å². The molecule has 0 atom stereocenters. The van der Waals surface area contributed by atoms with Crippen LogP contribution in [0.2, 0.25) is 0 Å². The Bertz CT molecular complexity index is 495. The van der Waals surface area contributed by atoms with Gasteiger partial charge in [0, 0.05) is 17.7 Å². The van der Waals surface area contributed by atoms with Gasteiger partial charge in [-0.2, -0.15) is 0 Å². The minimum Gasteiger partial charge on any atom is -0.461 e. The van der Waals surface area contributed by atoms with E-state index in [2.05, 4.69) is 11.3 Å². The Morgan fingerprint density at radius 2 is 2.17 bits per heavy atom. The Balaban J connectivity index is 2.72. The van der Waals surface area contributed by atoms with Gasteiger partial charge in [-0.3, -0.25) is 19.7 Å². The number of nitro benzene ring substituents is 1. The molecular formula is C12H11NO5. The maximum absolute atomic E-state index is 11.6. The van der Waals surface area contributed by atoms with Crippen molar-refractivity contribution >= 4 is 17.4 Å². The van der Waals surface area contributed by atoms with Crippen LogP contribution in [-0.4, -0.2) is 23.3 Å². The van der Waals surface area contributed by atoms with Crippen molar-refractivity contribution in [3.63, 3.8) is 0 Å². The zero-order chi connectivity index (χ0) is 13.5. The summed E-state index contributed by atoms with van der Waals surface area (Å²) in [7, 11) is 0. The number of nitro groups is 1. The highest BCUT2D eigenvalue weighted by Gasteiger charge is 2.15. The first-order valence-electron chi connectivity index (χ1n) is 5.08. The lowest BCUT2D eigenvalue weighted by atomic mass is 10.1. The van der Waals surface area contributed by atoms with Crippen LogP contribution in [0.1, 0.15) is 16.8 Å². The first-order chi connectivity index (χ1) is 8.54. The lowest BCUT2D eigenvalue weighted by Crippen LogP contribution is -2.11. The first-order valence-corrected chi connectivity index (χ1v) is 5.08. The van der Waals surface area contributed by atoms with Gasteiger partial charge in [-0.05, 0) is 0 Å². The van der Waals surface area contributed by atoms with E-state index >= 15 is 0 Å². The summed E-state index contributed by atoms with van der Waals surface area (Å²) in [6, 6.07) is 5.20. The summed E-state index contributed by atoms with van der Waals surface area (Å²) in [5, 5.41) is 10.5. The summed E-state index contributed by atoms with van der Waals surface area (Å²) in [4.78, 5) is 32.8. The van der Waals surface area contributed by atoms with Crippen LogP contribution in [0.3, 0.4) is 0 Å². The number of ether oxygens (including phenoxy) is 1.